The largest absolute Gasteiger partial charge is 0.451 e. The van der Waals surface area contributed by atoms with Crippen molar-refractivity contribution in [3.05, 3.63) is 64.9 Å². The van der Waals surface area contributed by atoms with E-state index in [2.05, 4.69) is 31.3 Å². The quantitative estimate of drug-likeness (QED) is 0.727. The summed E-state index contributed by atoms with van der Waals surface area (Å²) in [5.74, 6) is 0.146. The molecule has 3 aromatic rings. The Labute approximate surface area is 136 Å². The maximum absolute atomic E-state index is 12.6. The molecule has 23 heavy (non-hydrogen) atoms. The summed E-state index contributed by atoms with van der Waals surface area (Å²) in [6.07, 6.45) is 1.76. The summed E-state index contributed by atoms with van der Waals surface area (Å²) in [7, 11) is 0. The van der Waals surface area contributed by atoms with E-state index in [1.54, 1.807) is 6.07 Å². The van der Waals surface area contributed by atoms with Crippen molar-refractivity contribution in [2.45, 2.75) is 33.6 Å². The monoisotopic (exact) mass is 307 g/mol. The summed E-state index contributed by atoms with van der Waals surface area (Å²) in [5, 5.41) is 3.98. The van der Waals surface area contributed by atoms with E-state index in [1.807, 2.05) is 31.2 Å². The van der Waals surface area contributed by atoms with E-state index in [0.717, 1.165) is 46.2 Å². The average Bonchev–Trinajstić information content (AvgIpc) is 2.98. The number of benzene rings is 2. The van der Waals surface area contributed by atoms with Crippen LogP contribution in [0.4, 0.5) is 5.69 Å². The topological polar surface area (TPSA) is 42.2 Å². The summed E-state index contributed by atoms with van der Waals surface area (Å²) in [4.78, 5) is 12.6. The van der Waals surface area contributed by atoms with Gasteiger partial charge in [0.1, 0.15) is 5.58 Å². The Balaban J connectivity index is 1.94. The Hall–Kier alpha value is -2.55. The van der Waals surface area contributed by atoms with Gasteiger partial charge in [-0.25, -0.2) is 0 Å². The molecule has 0 saturated heterocycles. The van der Waals surface area contributed by atoms with Crippen LogP contribution < -0.4 is 5.32 Å². The lowest BCUT2D eigenvalue weighted by atomic mass is 10.0. The Kier molecular flexibility index (Phi) is 4.20. The van der Waals surface area contributed by atoms with Crippen molar-refractivity contribution >= 4 is 22.6 Å². The third-order valence-corrected chi connectivity index (χ3v) is 4.14. The fourth-order valence-electron chi connectivity index (χ4n) is 2.83. The molecule has 0 spiro atoms. The molecular formula is C20H21NO2. The number of hydrogen-bond donors (Lipinski definition) is 1. The maximum atomic E-state index is 12.6. The van der Waals surface area contributed by atoms with Crippen LogP contribution in [0.5, 0.6) is 0 Å². The molecule has 0 saturated carbocycles. The van der Waals surface area contributed by atoms with Crippen molar-refractivity contribution in [1.29, 1.82) is 0 Å². The predicted octanol–water partition coefficient (Wildman–Crippen LogP) is 5.12. The van der Waals surface area contributed by atoms with Crippen LogP contribution in [-0.2, 0) is 12.8 Å². The normalized spacial score (nSPS) is 10.9. The van der Waals surface area contributed by atoms with Gasteiger partial charge in [0.15, 0.2) is 5.76 Å². The second-order valence-corrected chi connectivity index (χ2v) is 5.76. The Morgan fingerprint density at radius 2 is 1.74 bits per heavy atom. The van der Waals surface area contributed by atoms with Crippen molar-refractivity contribution < 1.29 is 9.21 Å². The van der Waals surface area contributed by atoms with E-state index in [-0.39, 0.29) is 5.91 Å². The number of rotatable bonds is 4. The molecule has 118 valence electrons. The van der Waals surface area contributed by atoms with Crippen LogP contribution in [-0.4, -0.2) is 5.91 Å². The van der Waals surface area contributed by atoms with Crippen LogP contribution in [0.15, 0.2) is 46.9 Å². The molecule has 3 rings (SSSR count). The lowest BCUT2D eigenvalue weighted by molar-refractivity contribution is 0.0998. The minimum atomic E-state index is -0.200. The van der Waals surface area contributed by atoms with Crippen molar-refractivity contribution in [2.24, 2.45) is 0 Å². The number of fused-ring (bicyclic) bond motifs is 1. The summed E-state index contributed by atoms with van der Waals surface area (Å²) in [6.45, 7) is 6.19. The first-order valence-electron chi connectivity index (χ1n) is 8.04. The predicted molar refractivity (Wildman–Crippen MR) is 94.1 cm³/mol. The molecule has 0 aliphatic carbocycles. The van der Waals surface area contributed by atoms with Gasteiger partial charge in [-0.15, -0.1) is 0 Å². The molecule has 1 amide bonds. The standard InChI is InChI=1S/C20H21NO2/c1-4-14-7-6-8-15(5-2)19(14)21-20(22)18-12-16-10-9-13(3)11-17(16)23-18/h6-12H,4-5H2,1-3H3,(H,21,22). The van der Waals surface area contributed by atoms with Gasteiger partial charge in [0.05, 0.1) is 0 Å². The molecule has 1 N–H and O–H groups in total. The lowest BCUT2D eigenvalue weighted by Crippen LogP contribution is -2.14. The zero-order valence-corrected chi connectivity index (χ0v) is 13.8. The number of anilines is 1. The molecule has 1 aromatic heterocycles. The zero-order chi connectivity index (χ0) is 16.4. The Morgan fingerprint density at radius 3 is 2.39 bits per heavy atom. The Bertz CT molecular complexity index is 839. The van der Waals surface area contributed by atoms with Crippen LogP contribution >= 0.6 is 0 Å². The third-order valence-electron chi connectivity index (χ3n) is 4.14. The highest BCUT2D eigenvalue weighted by atomic mass is 16.3. The molecule has 0 atom stereocenters. The molecule has 0 aliphatic heterocycles. The van der Waals surface area contributed by atoms with Gasteiger partial charge in [-0.1, -0.05) is 44.2 Å². The maximum Gasteiger partial charge on any atom is 0.291 e. The van der Waals surface area contributed by atoms with Gasteiger partial charge < -0.3 is 9.73 Å². The molecule has 2 aromatic carbocycles. The fraction of sp³-hybridized carbons (Fsp3) is 0.250. The lowest BCUT2D eigenvalue weighted by Gasteiger charge is -2.13. The molecule has 3 nitrogen and oxygen atoms in total. The van der Waals surface area contributed by atoms with Crippen molar-refractivity contribution in [2.75, 3.05) is 5.32 Å². The second-order valence-electron chi connectivity index (χ2n) is 5.76. The first-order chi connectivity index (χ1) is 11.1. The van der Waals surface area contributed by atoms with Gasteiger partial charge in [-0.05, 0) is 48.6 Å². The first kappa shape index (κ1) is 15.3. The molecule has 1 heterocycles. The minimum Gasteiger partial charge on any atom is -0.451 e. The van der Waals surface area contributed by atoms with Gasteiger partial charge >= 0.3 is 0 Å². The molecule has 0 radical (unpaired) electrons. The summed E-state index contributed by atoms with van der Waals surface area (Å²) in [5.41, 5.74) is 5.06. The van der Waals surface area contributed by atoms with E-state index in [9.17, 15) is 4.79 Å². The molecule has 0 fully saturated rings. The van der Waals surface area contributed by atoms with Crippen LogP contribution in [0.2, 0.25) is 0 Å². The molecule has 0 aliphatic rings. The highest BCUT2D eigenvalue weighted by Crippen LogP contribution is 2.25. The third kappa shape index (κ3) is 3.00. The molecule has 3 heteroatoms. The second kappa shape index (κ2) is 6.29. The average molecular weight is 307 g/mol. The van der Waals surface area contributed by atoms with E-state index in [0.29, 0.717) is 5.76 Å². The van der Waals surface area contributed by atoms with Crippen molar-refractivity contribution in [3.63, 3.8) is 0 Å². The number of carbonyl (C=O) groups excluding carboxylic acids is 1. The SMILES string of the molecule is CCc1cccc(CC)c1NC(=O)c1cc2ccc(C)cc2o1. The van der Waals surface area contributed by atoms with E-state index in [1.165, 1.54) is 0 Å². The highest BCUT2D eigenvalue weighted by molar-refractivity contribution is 6.05. The summed E-state index contributed by atoms with van der Waals surface area (Å²) >= 11 is 0. The Morgan fingerprint density at radius 1 is 1.04 bits per heavy atom. The molecule has 0 unspecified atom stereocenters. The van der Waals surface area contributed by atoms with Crippen LogP contribution in [0.25, 0.3) is 11.0 Å². The van der Waals surface area contributed by atoms with Gasteiger partial charge in [0.2, 0.25) is 0 Å². The van der Waals surface area contributed by atoms with Gasteiger partial charge in [0.25, 0.3) is 5.91 Å². The molecule has 0 bridgehead atoms. The first-order valence-corrected chi connectivity index (χ1v) is 8.04. The van der Waals surface area contributed by atoms with Crippen LogP contribution in [0.1, 0.15) is 41.1 Å². The van der Waals surface area contributed by atoms with E-state index in [4.69, 9.17) is 4.42 Å². The number of hydrogen-bond acceptors (Lipinski definition) is 2. The van der Waals surface area contributed by atoms with Gasteiger partial charge in [0, 0.05) is 11.1 Å². The van der Waals surface area contributed by atoms with E-state index >= 15 is 0 Å². The minimum absolute atomic E-state index is 0.200. The van der Waals surface area contributed by atoms with E-state index < -0.39 is 0 Å². The number of para-hydroxylation sites is 1. The summed E-state index contributed by atoms with van der Waals surface area (Å²) < 4.78 is 5.72. The van der Waals surface area contributed by atoms with Gasteiger partial charge in [-0.3, -0.25) is 4.79 Å². The number of amides is 1. The van der Waals surface area contributed by atoms with Crippen molar-refractivity contribution in [1.82, 2.24) is 0 Å². The van der Waals surface area contributed by atoms with Crippen LogP contribution in [0, 0.1) is 6.92 Å². The number of carbonyl (C=O) groups is 1. The number of aryl methyl sites for hydroxylation is 3. The zero-order valence-electron chi connectivity index (χ0n) is 13.8. The smallest absolute Gasteiger partial charge is 0.291 e. The molecular weight excluding hydrogens is 286 g/mol. The number of furan rings is 1. The van der Waals surface area contributed by atoms with Crippen LogP contribution in [0.3, 0.4) is 0 Å². The van der Waals surface area contributed by atoms with Crippen molar-refractivity contribution in [3.8, 4) is 0 Å². The number of nitrogens with one attached hydrogen (secondary N) is 1. The van der Waals surface area contributed by atoms with Gasteiger partial charge in [-0.2, -0.15) is 0 Å². The summed E-state index contributed by atoms with van der Waals surface area (Å²) in [6, 6.07) is 13.9. The fourth-order valence-corrected chi connectivity index (χ4v) is 2.83. The highest BCUT2D eigenvalue weighted by Gasteiger charge is 2.15.